The van der Waals surface area contributed by atoms with Gasteiger partial charge >= 0.3 is 0 Å². The highest BCUT2D eigenvalue weighted by Crippen LogP contribution is 2.34. The quantitative estimate of drug-likeness (QED) is 0.854. The normalized spacial score (nSPS) is 30.2. The first kappa shape index (κ1) is 14.7. The van der Waals surface area contributed by atoms with Gasteiger partial charge in [0.05, 0.1) is 17.5 Å². The van der Waals surface area contributed by atoms with Crippen molar-refractivity contribution < 1.29 is 9.59 Å². The van der Waals surface area contributed by atoms with E-state index in [0.29, 0.717) is 12.5 Å². The van der Waals surface area contributed by atoms with Gasteiger partial charge in [-0.05, 0) is 49.7 Å². The molecule has 0 bridgehead atoms. The number of amides is 2. The third kappa shape index (κ3) is 2.62. The first-order valence-corrected chi connectivity index (χ1v) is 8.74. The van der Waals surface area contributed by atoms with Crippen LogP contribution in [0.4, 0.5) is 0 Å². The van der Waals surface area contributed by atoms with E-state index in [-0.39, 0.29) is 23.7 Å². The molecule has 3 atom stereocenters. The Hall–Kier alpha value is -1.91. The van der Waals surface area contributed by atoms with Crippen LogP contribution >= 0.6 is 0 Å². The average Bonchev–Trinajstić information content (AvgIpc) is 2.61. The molecule has 23 heavy (non-hydrogen) atoms. The Morgan fingerprint density at radius 2 is 2.22 bits per heavy atom. The van der Waals surface area contributed by atoms with Gasteiger partial charge in [-0.15, -0.1) is 0 Å². The molecule has 0 saturated carbocycles. The number of piperidine rings is 2. The van der Waals surface area contributed by atoms with Crippen LogP contribution in [-0.4, -0.2) is 41.3 Å². The lowest BCUT2D eigenvalue weighted by atomic mass is 9.79. The number of carbonyl (C=O) groups excluding carboxylic acids is 2. The summed E-state index contributed by atoms with van der Waals surface area (Å²) in [4.78, 5) is 31.6. The fourth-order valence-corrected chi connectivity index (χ4v) is 4.43. The lowest BCUT2D eigenvalue weighted by Crippen LogP contribution is -2.53. The predicted molar refractivity (Wildman–Crippen MR) is 85.7 cm³/mol. The van der Waals surface area contributed by atoms with Crippen LogP contribution in [0.2, 0.25) is 0 Å². The molecule has 4 rings (SSSR count). The fourth-order valence-electron chi connectivity index (χ4n) is 4.43. The second-order valence-electron chi connectivity index (χ2n) is 7.01. The van der Waals surface area contributed by atoms with Crippen LogP contribution in [0.25, 0.3) is 0 Å². The molecule has 1 aromatic rings. The number of nitrogens with zero attached hydrogens (tertiary/aromatic N) is 2. The molecule has 1 aliphatic carbocycles. The monoisotopic (exact) mass is 313 g/mol. The predicted octanol–water partition coefficient (Wildman–Crippen LogP) is 1.49. The molecule has 1 aromatic heterocycles. The Morgan fingerprint density at radius 1 is 1.30 bits per heavy atom. The van der Waals surface area contributed by atoms with Gasteiger partial charge in [-0.3, -0.25) is 14.6 Å². The molecule has 3 aliphatic rings. The molecular formula is C18H23N3O2. The van der Waals surface area contributed by atoms with Crippen LogP contribution in [0.3, 0.4) is 0 Å². The molecule has 2 fully saturated rings. The van der Waals surface area contributed by atoms with E-state index < -0.39 is 0 Å². The molecule has 0 spiro atoms. The van der Waals surface area contributed by atoms with Crippen molar-refractivity contribution in [3.8, 4) is 0 Å². The van der Waals surface area contributed by atoms with Crippen LogP contribution in [0.15, 0.2) is 18.3 Å². The van der Waals surface area contributed by atoms with E-state index in [9.17, 15) is 9.59 Å². The van der Waals surface area contributed by atoms with Gasteiger partial charge in [0.15, 0.2) is 0 Å². The Bertz CT molecular complexity index is 630. The first-order valence-electron chi connectivity index (χ1n) is 8.74. The zero-order chi connectivity index (χ0) is 15.8. The molecule has 0 radical (unpaired) electrons. The molecule has 2 saturated heterocycles. The number of carbonyl (C=O) groups is 2. The maximum absolute atomic E-state index is 13.1. The summed E-state index contributed by atoms with van der Waals surface area (Å²) < 4.78 is 0. The van der Waals surface area contributed by atoms with Crippen molar-refractivity contribution in [1.82, 2.24) is 15.2 Å². The van der Waals surface area contributed by atoms with Crippen LogP contribution in [0.5, 0.6) is 0 Å². The molecule has 5 heteroatoms. The zero-order valence-corrected chi connectivity index (χ0v) is 13.3. The SMILES string of the molecule is O=C1NCC[C@H]2CCN(C(=O)C3CCCc4cccnc43)C[C@@H]12. The van der Waals surface area contributed by atoms with E-state index in [1.54, 1.807) is 6.20 Å². The molecule has 2 aliphatic heterocycles. The number of rotatable bonds is 1. The van der Waals surface area contributed by atoms with Crippen LogP contribution in [0, 0.1) is 11.8 Å². The number of hydrogen-bond acceptors (Lipinski definition) is 3. The standard InChI is InChI=1S/C18H23N3O2/c22-17-15-11-21(10-7-12(15)6-9-20-17)18(23)14-5-1-3-13-4-2-8-19-16(13)14/h2,4,8,12,14-15H,1,3,5-7,9-11H2,(H,20,22)/t12-,14?,15+/m0/s1. The van der Waals surface area contributed by atoms with E-state index in [1.165, 1.54) is 5.56 Å². The van der Waals surface area contributed by atoms with E-state index in [4.69, 9.17) is 0 Å². The van der Waals surface area contributed by atoms with Gasteiger partial charge in [-0.25, -0.2) is 0 Å². The molecule has 5 nitrogen and oxygen atoms in total. The van der Waals surface area contributed by atoms with Crippen molar-refractivity contribution in [1.29, 1.82) is 0 Å². The third-order valence-electron chi connectivity index (χ3n) is 5.71. The number of pyridine rings is 1. The number of hydrogen-bond donors (Lipinski definition) is 1. The summed E-state index contributed by atoms with van der Waals surface area (Å²) >= 11 is 0. The molecule has 1 N–H and O–H groups in total. The Kier molecular flexibility index (Phi) is 3.79. The van der Waals surface area contributed by atoms with E-state index in [1.807, 2.05) is 11.0 Å². The third-order valence-corrected chi connectivity index (χ3v) is 5.71. The molecular weight excluding hydrogens is 290 g/mol. The minimum absolute atomic E-state index is 0.0201. The zero-order valence-electron chi connectivity index (χ0n) is 13.3. The fraction of sp³-hybridized carbons (Fsp3) is 0.611. The highest BCUT2D eigenvalue weighted by atomic mass is 16.2. The summed E-state index contributed by atoms with van der Waals surface area (Å²) in [7, 11) is 0. The minimum Gasteiger partial charge on any atom is -0.356 e. The van der Waals surface area contributed by atoms with Crippen molar-refractivity contribution in [2.45, 2.75) is 38.0 Å². The average molecular weight is 313 g/mol. The van der Waals surface area contributed by atoms with Crippen molar-refractivity contribution in [2.24, 2.45) is 11.8 Å². The Balaban J connectivity index is 1.53. The summed E-state index contributed by atoms with van der Waals surface area (Å²) in [6, 6.07) is 4.03. The maximum atomic E-state index is 13.1. The van der Waals surface area contributed by atoms with Crippen molar-refractivity contribution >= 4 is 11.8 Å². The lowest BCUT2D eigenvalue weighted by molar-refractivity contribution is -0.140. The number of nitrogens with one attached hydrogen (secondary N) is 1. The van der Waals surface area contributed by atoms with E-state index in [0.717, 1.165) is 50.9 Å². The van der Waals surface area contributed by atoms with Crippen molar-refractivity contribution in [3.63, 3.8) is 0 Å². The van der Waals surface area contributed by atoms with E-state index >= 15 is 0 Å². The topological polar surface area (TPSA) is 62.3 Å². The maximum Gasteiger partial charge on any atom is 0.231 e. The summed E-state index contributed by atoms with van der Waals surface area (Å²) in [5.74, 6) is 0.600. The lowest BCUT2D eigenvalue weighted by Gasteiger charge is -2.41. The van der Waals surface area contributed by atoms with Crippen LogP contribution in [0.1, 0.15) is 42.9 Å². The first-order chi connectivity index (χ1) is 11.2. The van der Waals surface area contributed by atoms with Gasteiger partial charge in [0, 0.05) is 25.8 Å². The van der Waals surface area contributed by atoms with Crippen molar-refractivity contribution in [2.75, 3.05) is 19.6 Å². The van der Waals surface area contributed by atoms with Gasteiger partial charge in [-0.1, -0.05) is 6.07 Å². The second-order valence-corrected chi connectivity index (χ2v) is 7.01. The molecule has 0 aromatic carbocycles. The summed E-state index contributed by atoms with van der Waals surface area (Å²) in [5.41, 5.74) is 2.17. The minimum atomic E-state index is -0.122. The Morgan fingerprint density at radius 3 is 3.13 bits per heavy atom. The molecule has 3 heterocycles. The highest BCUT2D eigenvalue weighted by molar-refractivity contribution is 5.86. The number of aromatic nitrogens is 1. The summed E-state index contributed by atoms with van der Waals surface area (Å²) in [5, 5.41) is 2.95. The van der Waals surface area contributed by atoms with Gasteiger partial charge in [0.1, 0.15) is 0 Å². The van der Waals surface area contributed by atoms with Gasteiger partial charge in [-0.2, -0.15) is 0 Å². The number of aryl methyl sites for hydroxylation is 1. The van der Waals surface area contributed by atoms with E-state index in [2.05, 4.69) is 16.4 Å². The van der Waals surface area contributed by atoms with Gasteiger partial charge in [0.25, 0.3) is 0 Å². The molecule has 1 unspecified atom stereocenters. The summed E-state index contributed by atoms with van der Waals surface area (Å²) in [6.45, 7) is 2.15. The number of fused-ring (bicyclic) bond motifs is 2. The highest BCUT2D eigenvalue weighted by Gasteiger charge is 2.40. The second kappa shape index (κ2) is 5.95. The van der Waals surface area contributed by atoms with Gasteiger partial charge < -0.3 is 10.2 Å². The van der Waals surface area contributed by atoms with Crippen molar-refractivity contribution in [3.05, 3.63) is 29.6 Å². The summed E-state index contributed by atoms with van der Waals surface area (Å²) in [6.07, 6.45) is 6.71. The van der Waals surface area contributed by atoms with Gasteiger partial charge in [0.2, 0.25) is 11.8 Å². The molecule has 122 valence electrons. The Labute approximate surface area is 136 Å². The van der Waals surface area contributed by atoms with Crippen LogP contribution < -0.4 is 5.32 Å². The number of likely N-dealkylation sites (tertiary alicyclic amines) is 1. The largest absolute Gasteiger partial charge is 0.356 e. The van der Waals surface area contributed by atoms with Crippen LogP contribution in [-0.2, 0) is 16.0 Å². The molecule has 2 amide bonds. The smallest absolute Gasteiger partial charge is 0.231 e.